The highest BCUT2D eigenvalue weighted by Gasteiger charge is 2.34. The molecule has 1 aliphatic heterocycles. The van der Waals surface area contributed by atoms with Crippen LogP contribution in [0, 0.1) is 0 Å². The van der Waals surface area contributed by atoms with E-state index in [0.29, 0.717) is 22.2 Å². The monoisotopic (exact) mass is 516 g/mol. The fraction of sp³-hybridized carbons (Fsp3) is 0. The Labute approximate surface area is 216 Å². The van der Waals surface area contributed by atoms with E-state index >= 15 is 0 Å². The summed E-state index contributed by atoms with van der Waals surface area (Å²) in [6, 6.07) is 27.6. The molecule has 5 rings (SSSR count). The Morgan fingerprint density at radius 3 is 2.26 bits per heavy atom. The van der Waals surface area contributed by atoms with Crippen molar-refractivity contribution in [2.75, 3.05) is 4.90 Å². The zero-order valence-electron chi connectivity index (χ0n) is 18.1. The van der Waals surface area contributed by atoms with E-state index in [-0.39, 0.29) is 10.7 Å². The Kier molecular flexibility index (Phi) is 6.46. The Morgan fingerprint density at radius 1 is 0.857 bits per heavy atom. The fourth-order valence-corrected chi connectivity index (χ4v) is 4.89. The van der Waals surface area contributed by atoms with Gasteiger partial charge in [0, 0.05) is 14.8 Å². The molecule has 2 amide bonds. The van der Waals surface area contributed by atoms with Gasteiger partial charge in [0.15, 0.2) is 5.11 Å². The molecule has 4 aromatic rings. The molecule has 0 spiro atoms. The summed E-state index contributed by atoms with van der Waals surface area (Å²) in [6.07, 6.45) is 1.59. The number of hydrogen-bond acceptors (Lipinski definition) is 5. The number of rotatable bonds is 5. The van der Waals surface area contributed by atoms with Crippen molar-refractivity contribution in [1.82, 2.24) is 5.32 Å². The van der Waals surface area contributed by atoms with Gasteiger partial charge in [-0.25, -0.2) is 0 Å². The van der Waals surface area contributed by atoms with E-state index in [9.17, 15) is 9.59 Å². The molecule has 0 saturated carbocycles. The number of nitrogens with one attached hydrogen (secondary N) is 1. The van der Waals surface area contributed by atoms with Crippen molar-refractivity contribution in [3.8, 4) is 21.9 Å². The Bertz CT molecular complexity index is 1450. The molecular weight excluding hydrogens is 500 g/mol. The summed E-state index contributed by atoms with van der Waals surface area (Å²) in [5.41, 5.74) is 1.54. The number of thiocarbonyl (C=S) groups is 1. The number of para-hydroxylation sites is 1. The summed E-state index contributed by atoms with van der Waals surface area (Å²) in [4.78, 5) is 29.0. The first kappa shape index (κ1) is 23.0. The summed E-state index contributed by atoms with van der Waals surface area (Å²) in [7, 11) is 0. The third-order valence-electron chi connectivity index (χ3n) is 5.22. The van der Waals surface area contributed by atoms with Crippen LogP contribution < -0.4 is 15.0 Å². The number of nitrogens with zero attached hydrogens (tertiary/aromatic N) is 1. The van der Waals surface area contributed by atoms with E-state index in [4.69, 9.17) is 28.6 Å². The van der Waals surface area contributed by atoms with Crippen LogP contribution in [0.5, 0.6) is 11.5 Å². The second-order valence-corrected chi connectivity index (χ2v) is 9.51. The molecule has 35 heavy (non-hydrogen) atoms. The standard InChI is InChI=1S/C27H17ClN2O3S2/c28-18-8-6-17(7-9-18)24-15-14-22(35-24)16-23-25(31)29-27(34)30(26(23)32)19-10-12-21(13-11-19)33-20-4-2-1-3-5-20/h1-16H,(H,29,31,34). The second-order valence-electron chi connectivity index (χ2n) is 7.58. The van der Waals surface area contributed by atoms with Gasteiger partial charge in [0.2, 0.25) is 0 Å². The largest absolute Gasteiger partial charge is 0.457 e. The molecule has 1 saturated heterocycles. The Balaban J connectivity index is 1.38. The predicted molar refractivity (Wildman–Crippen MR) is 144 cm³/mol. The van der Waals surface area contributed by atoms with Crippen LogP contribution in [0.15, 0.2) is 96.6 Å². The maximum Gasteiger partial charge on any atom is 0.270 e. The van der Waals surface area contributed by atoms with E-state index in [1.165, 1.54) is 16.2 Å². The number of amides is 2. The third kappa shape index (κ3) is 5.02. The number of anilines is 1. The number of carbonyl (C=O) groups excluding carboxylic acids is 2. The van der Waals surface area contributed by atoms with Crippen LogP contribution in [0.25, 0.3) is 16.5 Å². The van der Waals surface area contributed by atoms with E-state index in [1.807, 2.05) is 66.7 Å². The molecule has 1 aromatic heterocycles. The molecule has 0 aliphatic carbocycles. The molecule has 3 aromatic carbocycles. The van der Waals surface area contributed by atoms with Crippen molar-refractivity contribution in [3.63, 3.8) is 0 Å². The number of carbonyl (C=O) groups is 2. The average molecular weight is 517 g/mol. The number of ether oxygens (including phenoxy) is 1. The van der Waals surface area contributed by atoms with Gasteiger partial charge in [-0.05, 0) is 84.5 Å². The zero-order valence-corrected chi connectivity index (χ0v) is 20.5. The van der Waals surface area contributed by atoms with E-state index in [2.05, 4.69) is 5.32 Å². The lowest BCUT2D eigenvalue weighted by molar-refractivity contribution is -0.122. The molecular formula is C27H17ClN2O3S2. The normalized spacial score (nSPS) is 14.8. The van der Waals surface area contributed by atoms with Crippen molar-refractivity contribution in [1.29, 1.82) is 0 Å². The molecule has 1 N–H and O–H groups in total. The zero-order chi connectivity index (χ0) is 24.4. The van der Waals surface area contributed by atoms with Gasteiger partial charge in [0.25, 0.3) is 11.8 Å². The predicted octanol–water partition coefficient (Wildman–Crippen LogP) is 6.69. The van der Waals surface area contributed by atoms with E-state index < -0.39 is 11.8 Å². The molecule has 2 heterocycles. The lowest BCUT2D eigenvalue weighted by atomic mass is 10.1. The molecule has 172 valence electrons. The topological polar surface area (TPSA) is 58.6 Å². The number of hydrogen-bond donors (Lipinski definition) is 1. The minimum Gasteiger partial charge on any atom is -0.457 e. The van der Waals surface area contributed by atoms with Crippen molar-refractivity contribution in [2.24, 2.45) is 0 Å². The second kappa shape index (κ2) is 9.84. The van der Waals surface area contributed by atoms with Crippen LogP contribution in [-0.4, -0.2) is 16.9 Å². The van der Waals surface area contributed by atoms with Gasteiger partial charge in [-0.3, -0.25) is 19.8 Å². The highest BCUT2D eigenvalue weighted by molar-refractivity contribution is 7.80. The lowest BCUT2D eigenvalue weighted by Crippen LogP contribution is -2.54. The molecule has 8 heteroatoms. The highest BCUT2D eigenvalue weighted by atomic mass is 35.5. The Morgan fingerprint density at radius 2 is 1.54 bits per heavy atom. The van der Waals surface area contributed by atoms with Crippen molar-refractivity contribution in [3.05, 3.63) is 106 Å². The molecule has 0 unspecified atom stereocenters. The average Bonchev–Trinajstić information content (AvgIpc) is 3.32. The van der Waals surface area contributed by atoms with Gasteiger partial charge in [-0.15, -0.1) is 11.3 Å². The van der Waals surface area contributed by atoms with Gasteiger partial charge in [-0.2, -0.15) is 0 Å². The van der Waals surface area contributed by atoms with E-state index in [1.54, 1.807) is 30.3 Å². The van der Waals surface area contributed by atoms with Crippen LogP contribution in [0.3, 0.4) is 0 Å². The first-order valence-electron chi connectivity index (χ1n) is 10.6. The summed E-state index contributed by atoms with van der Waals surface area (Å²) >= 11 is 12.8. The maximum atomic E-state index is 13.3. The number of benzene rings is 3. The highest BCUT2D eigenvalue weighted by Crippen LogP contribution is 2.32. The molecule has 1 fully saturated rings. The summed E-state index contributed by atoms with van der Waals surface area (Å²) < 4.78 is 5.81. The van der Waals surface area contributed by atoms with Crippen LogP contribution in [0.4, 0.5) is 5.69 Å². The number of halogens is 1. The molecule has 0 atom stereocenters. The smallest absolute Gasteiger partial charge is 0.270 e. The van der Waals surface area contributed by atoms with Gasteiger partial charge in [0.05, 0.1) is 5.69 Å². The lowest BCUT2D eigenvalue weighted by Gasteiger charge is -2.28. The maximum absolute atomic E-state index is 13.3. The van der Waals surface area contributed by atoms with Crippen LogP contribution in [-0.2, 0) is 9.59 Å². The summed E-state index contributed by atoms with van der Waals surface area (Å²) in [5, 5.41) is 3.31. The van der Waals surface area contributed by atoms with Gasteiger partial charge in [0.1, 0.15) is 17.1 Å². The minimum absolute atomic E-state index is 0.00715. The van der Waals surface area contributed by atoms with E-state index in [0.717, 1.165) is 15.3 Å². The van der Waals surface area contributed by atoms with Gasteiger partial charge < -0.3 is 4.74 Å². The molecule has 0 radical (unpaired) electrons. The molecule has 5 nitrogen and oxygen atoms in total. The van der Waals surface area contributed by atoms with Crippen molar-refractivity contribution < 1.29 is 14.3 Å². The van der Waals surface area contributed by atoms with Crippen molar-refractivity contribution >= 4 is 63.8 Å². The SMILES string of the molecule is O=C1NC(=S)N(c2ccc(Oc3ccccc3)cc2)C(=O)C1=Cc1ccc(-c2ccc(Cl)cc2)s1. The molecule has 0 bridgehead atoms. The number of thiophene rings is 1. The van der Waals surface area contributed by atoms with Crippen LogP contribution >= 0.6 is 35.2 Å². The minimum atomic E-state index is -0.526. The summed E-state index contributed by atoms with van der Waals surface area (Å²) in [5.74, 6) is 0.304. The molecule has 1 aliphatic rings. The van der Waals surface area contributed by atoms with Crippen LogP contribution in [0.1, 0.15) is 4.88 Å². The van der Waals surface area contributed by atoms with Gasteiger partial charge >= 0.3 is 0 Å². The first-order valence-corrected chi connectivity index (χ1v) is 12.2. The quantitative estimate of drug-likeness (QED) is 0.182. The summed E-state index contributed by atoms with van der Waals surface area (Å²) in [6.45, 7) is 0. The first-order chi connectivity index (χ1) is 17.0. The third-order valence-corrected chi connectivity index (χ3v) is 6.84. The Hall–Kier alpha value is -3.78. The fourth-order valence-electron chi connectivity index (χ4n) is 3.52. The van der Waals surface area contributed by atoms with Gasteiger partial charge in [-0.1, -0.05) is 41.9 Å². The van der Waals surface area contributed by atoms with Crippen molar-refractivity contribution in [2.45, 2.75) is 0 Å². The van der Waals surface area contributed by atoms with Crippen LogP contribution in [0.2, 0.25) is 5.02 Å².